The van der Waals surface area contributed by atoms with Crippen LogP contribution in [0.25, 0.3) is 27.7 Å². The third kappa shape index (κ3) is 5.10. The number of rotatable bonds is 8. The van der Waals surface area contributed by atoms with Crippen molar-refractivity contribution in [3.63, 3.8) is 0 Å². The van der Waals surface area contributed by atoms with Gasteiger partial charge < -0.3 is 23.9 Å². The SMILES string of the molecule is CCOc1cc2occ(-c3ccccc3OC)c2cc1/C(C)=C/C(=O)Nc1ccc(C(=O)OC)cc1. The van der Waals surface area contributed by atoms with Crippen molar-refractivity contribution in [3.8, 4) is 22.6 Å². The van der Waals surface area contributed by atoms with Crippen LogP contribution in [0.3, 0.4) is 0 Å². The van der Waals surface area contributed by atoms with Gasteiger partial charge in [0, 0.05) is 39.9 Å². The molecule has 0 saturated carbocycles. The summed E-state index contributed by atoms with van der Waals surface area (Å²) in [7, 11) is 2.95. The van der Waals surface area contributed by atoms with E-state index in [2.05, 4.69) is 5.32 Å². The fraction of sp³-hybridized carbons (Fsp3) is 0.172. The average molecular weight is 486 g/mol. The summed E-state index contributed by atoms with van der Waals surface area (Å²) < 4.78 is 22.0. The number of allylic oxidation sites excluding steroid dienone is 1. The van der Waals surface area contributed by atoms with Crippen LogP contribution in [0.4, 0.5) is 5.69 Å². The number of methoxy groups -OCH3 is 2. The normalized spacial score (nSPS) is 11.3. The molecule has 0 fully saturated rings. The minimum absolute atomic E-state index is 0.307. The van der Waals surface area contributed by atoms with E-state index in [1.165, 1.54) is 13.2 Å². The monoisotopic (exact) mass is 485 g/mol. The van der Waals surface area contributed by atoms with Crippen LogP contribution < -0.4 is 14.8 Å². The van der Waals surface area contributed by atoms with Crippen molar-refractivity contribution in [3.05, 3.63) is 84.1 Å². The van der Waals surface area contributed by atoms with Crippen molar-refractivity contribution < 1.29 is 28.2 Å². The van der Waals surface area contributed by atoms with Crippen molar-refractivity contribution in [2.24, 2.45) is 0 Å². The maximum atomic E-state index is 12.8. The van der Waals surface area contributed by atoms with Crippen molar-refractivity contribution >= 4 is 34.1 Å². The Labute approximate surface area is 209 Å². The highest BCUT2D eigenvalue weighted by atomic mass is 16.5. The van der Waals surface area contributed by atoms with Crippen LogP contribution in [0.1, 0.15) is 29.8 Å². The van der Waals surface area contributed by atoms with E-state index in [1.807, 2.05) is 50.2 Å². The molecule has 1 aromatic heterocycles. The standard InChI is InChI=1S/C29H27NO6/c1-5-35-26-16-27-23(24(17-36-27)21-8-6-7-9-25(21)33-3)15-22(26)18(2)14-28(31)30-20-12-10-19(11-13-20)29(32)34-4/h6-17H,5H2,1-4H3,(H,30,31)/b18-14+. The molecule has 7 nitrogen and oxygen atoms in total. The summed E-state index contributed by atoms with van der Waals surface area (Å²) in [5.74, 6) is 0.614. The van der Waals surface area contributed by atoms with Crippen LogP contribution >= 0.6 is 0 Å². The van der Waals surface area contributed by atoms with Crippen molar-refractivity contribution in [2.75, 3.05) is 26.1 Å². The first-order chi connectivity index (χ1) is 17.4. The molecule has 7 heteroatoms. The molecule has 0 atom stereocenters. The van der Waals surface area contributed by atoms with E-state index in [9.17, 15) is 9.59 Å². The molecule has 0 aliphatic carbocycles. The highest BCUT2D eigenvalue weighted by molar-refractivity contribution is 6.05. The van der Waals surface area contributed by atoms with E-state index in [-0.39, 0.29) is 5.91 Å². The van der Waals surface area contributed by atoms with Crippen molar-refractivity contribution in [1.29, 1.82) is 0 Å². The third-order valence-electron chi connectivity index (χ3n) is 5.72. The molecule has 4 rings (SSSR count). The number of amides is 1. The second-order valence-electron chi connectivity index (χ2n) is 8.01. The molecule has 1 amide bonds. The predicted molar refractivity (Wildman–Crippen MR) is 139 cm³/mol. The molecule has 0 radical (unpaired) electrons. The summed E-state index contributed by atoms with van der Waals surface area (Å²) in [6, 6.07) is 18.0. The van der Waals surface area contributed by atoms with E-state index in [4.69, 9.17) is 18.6 Å². The molecule has 4 aromatic rings. The molecule has 0 bridgehead atoms. The Morgan fingerprint density at radius 3 is 2.42 bits per heavy atom. The number of para-hydroxylation sites is 1. The number of hydrogen-bond acceptors (Lipinski definition) is 6. The number of hydrogen-bond donors (Lipinski definition) is 1. The van der Waals surface area contributed by atoms with Crippen LogP contribution in [-0.4, -0.2) is 32.7 Å². The predicted octanol–water partition coefficient (Wildman–Crippen LogP) is 6.34. The lowest BCUT2D eigenvalue weighted by molar-refractivity contribution is -0.111. The van der Waals surface area contributed by atoms with Crippen LogP contribution in [0.2, 0.25) is 0 Å². The summed E-state index contributed by atoms with van der Waals surface area (Å²) in [6.45, 7) is 4.22. The van der Waals surface area contributed by atoms with Gasteiger partial charge in [0.2, 0.25) is 5.91 Å². The van der Waals surface area contributed by atoms with Crippen LogP contribution in [0.5, 0.6) is 11.5 Å². The molecule has 3 aromatic carbocycles. The van der Waals surface area contributed by atoms with E-state index in [1.54, 1.807) is 37.6 Å². The largest absolute Gasteiger partial charge is 0.496 e. The number of ether oxygens (including phenoxy) is 3. The maximum absolute atomic E-state index is 12.8. The Bertz CT molecular complexity index is 1430. The van der Waals surface area contributed by atoms with Gasteiger partial charge in [-0.3, -0.25) is 4.79 Å². The van der Waals surface area contributed by atoms with E-state index < -0.39 is 5.97 Å². The summed E-state index contributed by atoms with van der Waals surface area (Å²) in [4.78, 5) is 24.4. The van der Waals surface area contributed by atoms with Crippen LogP contribution in [0.15, 0.2) is 77.4 Å². The first-order valence-electron chi connectivity index (χ1n) is 11.4. The van der Waals surface area contributed by atoms with Crippen LogP contribution in [0, 0.1) is 0 Å². The highest BCUT2D eigenvalue weighted by Gasteiger charge is 2.17. The van der Waals surface area contributed by atoms with Crippen molar-refractivity contribution in [2.45, 2.75) is 13.8 Å². The summed E-state index contributed by atoms with van der Waals surface area (Å²) in [5.41, 5.74) is 4.92. The summed E-state index contributed by atoms with van der Waals surface area (Å²) in [5, 5.41) is 3.70. The van der Waals surface area contributed by atoms with Gasteiger partial charge >= 0.3 is 5.97 Å². The number of carbonyl (C=O) groups excluding carboxylic acids is 2. The molecule has 1 N–H and O–H groups in total. The lowest BCUT2D eigenvalue weighted by Gasteiger charge is -2.12. The number of esters is 1. The number of carbonyl (C=O) groups is 2. The van der Waals surface area contributed by atoms with Gasteiger partial charge in [0.25, 0.3) is 0 Å². The molecule has 0 aliphatic heterocycles. The van der Waals surface area contributed by atoms with E-state index in [0.717, 1.165) is 33.4 Å². The highest BCUT2D eigenvalue weighted by Crippen LogP contribution is 2.40. The third-order valence-corrected chi connectivity index (χ3v) is 5.72. The Morgan fingerprint density at radius 1 is 0.972 bits per heavy atom. The molecule has 0 unspecified atom stereocenters. The quantitative estimate of drug-likeness (QED) is 0.232. The van der Waals surface area contributed by atoms with E-state index >= 15 is 0 Å². The summed E-state index contributed by atoms with van der Waals surface area (Å²) >= 11 is 0. The van der Waals surface area contributed by atoms with Crippen LogP contribution in [-0.2, 0) is 9.53 Å². The Morgan fingerprint density at radius 2 is 1.72 bits per heavy atom. The zero-order chi connectivity index (χ0) is 25.7. The van der Waals surface area contributed by atoms with Gasteiger partial charge in [0.15, 0.2) is 0 Å². The second-order valence-corrected chi connectivity index (χ2v) is 8.01. The van der Waals surface area contributed by atoms with Gasteiger partial charge in [-0.2, -0.15) is 0 Å². The maximum Gasteiger partial charge on any atom is 0.337 e. The first-order valence-corrected chi connectivity index (χ1v) is 11.4. The Hall–Kier alpha value is -4.52. The van der Waals surface area contributed by atoms with Gasteiger partial charge in [0.05, 0.1) is 32.7 Å². The minimum atomic E-state index is -0.436. The van der Waals surface area contributed by atoms with Gasteiger partial charge in [-0.15, -0.1) is 0 Å². The smallest absolute Gasteiger partial charge is 0.337 e. The van der Waals surface area contributed by atoms with E-state index in [0.29, 0.717) is 29.2 Å². The number of nitrogens with one attached hydrogen (secondary N) is 1. The minimum Gasteiger partial charge on any atom is -0.496 e. The van der Waals surface area contributed by atoms with Gasteiger partial charge in [-0.1, -0.05) is 18.2 Å². The van der Waals surface area contributed by atoms with Gasteiger partial charge in [-0.25, -0.2) is 4.79 Å². The molecule has 0 aliphatic rings. The number of fused-ring (bicyclic) bond motifs is 1. The number of benzene rings is 3. The molecule has 184 valence electrons. The topological polar surface area (TPSA) is 87.0 Å². The Kier molecular flexibility index (Phi) is 7.39. The van der Waals surface area contributed by atoms with Gasteiger partial charge in [-0.05, 0) is 55.8 Å². The fourth-order valence-electron chi connectivity index (χ4n) is 3.97. The molecular weight excluding hydrogens is 458 g/mol. The molecular formula is C29H27NO6. The summed E-state index contributed by atoms with van der Waals surface area (Å²) in [6.07, 6.45) is 3.21. The lowest BCUT2D eigenvalue weighted by atomic mass is 9.98. The zero-order valence-electron chi connectivity index (χ0n) is 20.6. The molecule has 0 saturated heterocycles. The second kappa shape index (κ2) is 10.8. The van der Waals surface area contributed by atoms with Crippen molar-refractivity contribution in [1.82, 2.24) is 0 Å². The zero-order valence-corrected chi connectivity index (χ0v) is 20.6. The molecule has 0 spiro atoms. The molecule has 36 heavy (non-hydrogen) atoms. The lowest BCUT2D eigenvalue weighted by Crippen LogP contribution is -2.09. The fourth-order valence-corrected chi connectivity index (χ4v) is 3.97. The first kappa shape index (κ1) is 24.6. The number of furan rings is 1. The molecule has 1 heterocycles. The Balaban J connectivity index is 1.68. The average Bonchev–Trinajstić information content (AvgIpc) is 3.30. The number of anilines is 1. The van der Waals surface area contributed by atoms with Gasteiger partial charge in [0.1, 0.15) is 17.1 Å².